The highest BCUT2D eigenvalue weighted by molar-refractivity contribution is 7.90. The van der Waals surface area contributed by atoms with Gasteiger partial charge in [-0.05, 0) is 34.4 Å². The molecule has 1 aliphatic rings. The maximum Gasteiger partial charge on any atom is 0.356 e. The van der Waals surface area contributed by atoms with Gasteiger partial charge >= 0.3 is 5.97 Å². The molecule has 0 radical (unpaired) electrons. The van der Waals surface area contributed by atoms with Gasteiger partial charge in [-0.2, -0.15) is 5.10 Å². The third kappa shape index (κ3) is 3.34. The first-order valence-electron chi connectivity index (χ1n) is 9.08. The third-order valence-electron chi connectivity index (χ3n) is 5.27. The average molecular weight is 412 g/mol. The SMILES string of the molecule is CC1Cn2nc(C(=O)O)cc2-c2ccc(-c3ccc(CO)c(S(C)(=O)=O)c3)cc21. The molecule has 0 spiro atoms. The summed E-state index contributed by atoms with van der Waals surface area (Å²) in [5.41, 5.74) is 4.71. The minimum Gasteiger partial charge on any atom is -0.476 e. The van der Waals surface area contributed by atoms with Crippen molar-refractivity contribution < 1.29 is 23.4 Å². The van der Waals surface area contributed by atoms with E-state index in [4.69, 9.17) is 0 Å². The molecule has 0 fully saturated rings. The Kier molecular flexibility index (Phi) is 4.55. The molecule has 0 aliphatic carbocycles. The highest BCUT2D eigenvalue weighted by Gasteiger charge is 2.25. The third-order valence-corrected chi connectivity index (χ3v) is 6.45. The first-order chi connectivity index (χ1) is 13.7. The van der Waals surface area contributed by atoms with E-state index in [0.717, 1.165) is 34.2 Å². The van der Waals surface area contributed by atoms with Gasteiger partial charge in [-0.3, -0.25) is 4.68 Å². The molecule has 4 rings (SSSR count). The van der Waals surface area contributed by atoms with Crippen molar-refractivity contribution in [3.63, 3.8) is 0 Å². The molecule has 2 heterocycles. The Morgan fingerprint density at radius 3 is 2.52 bits per heavy atom. The first kappa shape index (κ1) is 19.4. The van der Waals surface area contributed by atoms with Gasteiger partial charge in [0.25, 0.3) is 0 Å². The lowest BCUT2D eigenvalue weighted by Crippen LogP contribution is -2.16. The minimum atomic E-state index is -3.48. The molecule has 150 valence electrons. The number of benzene rings is 2. The number of hydrogen-bond acceptors (Lipinski definition) is 5. The highest BCUT2D eigenvalue weighted by atomic mass is 32.2. The van der Waals surface area contributed by atoms with E-state index < -0.39 is 15.8 Å². The Hall–Kier alpha value is -2.97. The molecule has 2 aromatic carbocycles. The van der Waals surface area contributed by atoms with Gasteiger partial charge < -0.3 is 10.2 Å². The molecule has 1 unspecified atom stereocenters. The standard InChI is InChI=1S/C21H20N2O5S/c1-12-10-23-19(9-18(22-23)21(25)26)16-6-5-13(7-17(12)16)14-3-4-15(11-24)20(8-14)29(2,27)28/h3-9,12,24H,10-11H2,1-2H3,(H,25,26). The molecule has 8 heteroatoms. The largest absolute Gasteiger partial charge is 0.476 e. The Morgan fingerprint density at radius 2 is 1.86 bits per heavy atom. The van der Waals surface area contributed by atoms with E-state index in [1.165, 1.54) is 0 Å². The summed E-state index contributed by atoms with van der Waals surface area (Å²) < 4.78 is 25.9. The first-order valence-corrected chi connectivity index (χ1v) is 11.0. The van der Waals surface area contributed by atoms with Crippen LogP contribution >= 0.6 is 0 Å². The fourth-order valence-corrected chi connectivity index (χ4v) is 4.78. The van der Waals surface area contributed by atoms with Gasteiger partial charge in [0, 0.05) is 24.3 Å². The number of carboxylic acid groups (broad SMARTS) is 1. The molecular formula is C21H20N2O5S. The van der Waals surface area contributed by atoms with Crippen LogP contribution in [-0.2, 0) is 23.0 Å². The second-order valence-electron chi connectivity index (χ2n) is 7.36. The molecule has 3 aromatic rings. The maximum absolute atomic E-state index is 12.1. The molecule has 29 heavy (non-hydrogen) atoms. The van der Waals surface area contributed by atoms with Crippen LogP contribution in [0.3, 0.4) is 0 Å². The van der Waals surface area contributed by atoms with E-state index >= 15 is 0 Å². The second kappa shape index (κ2) is 6.82. The van der Waals surface area contributed by atoms with Gasteiger partial charge in [0.05, 0.1) is 17.2 Å². The molecule has 7 nitrogen and oxygen atoms in total. The minimum absolute atomic E-state index is 0.0153. The van der Waals surface area contributed by atoms with E-state index in [2.05, 4.69) is 5.10 Å². The Morgan fingerprint density at radius 1 is 1.17 bits per heavy atom. The van der Waals surface area contributed by atoms with Gasteiger partial charge in [-0.15, -0.1) is 0 Å². The normalized spacial score (nSPS) is 15.6. The Labute approximate surface area is 168 Å². The number of aromatic nitrogens is 2. The quantitative estimate of drug-likeness (QED) is 0.682. The van der Waals surface area contributed by atoms with Gasteiger partial charge in [0.2, 0.25) is 0 Å². The molecule has 2 N–H and O–H groups in total. The van der Waals surface area contributed by atoms with E-state index in [0.29, 0.717) is 12.1 Å². The Bertz CT molecular complexity index is 1240. The van der Waals surface area contributed by atoms with Crippen LogP contribution in [0.1, 0.15) is 34.5 Å². The van der Waals surface area contributed by atoms with E-state index in [9.17, 15) is 23.4 Å². The summed E-state index contributed by atoms with van der Waals surface area (Å²) in [6.45, 7) is 2.27. The number of fused-ring (bicyclic) bond motifs is 3. The number of aliphatic hydroxyl groups is 1. The lowest BCUT2D eigenvalue weighted by Gasteiger charge is -2.24. The molecular weight excluding hydrogens is 392 g/mol. The smallest absolute Gasteiger partial charge is 0.356 e. The van der Waals surface area contributed by atoms with Crippen molar-refractivity contribution >= 4 is 15.8 Å². The zero-order chi connectivity index (χ0) is 20.9. The topological polar surface area (TPSA) is 109 Å². The van der Waals surface area contributed by atoms with Crippen molar-refractivity contribution in [2.45, 2.75) is 30.9 Å². The fraction of sp³-hybridized carbons (Fsp3) is 0.238. The predicted molar refractivity (Wildman–Crippen MR) is 108 cm³/mol. The van der Waals surface area contributed by atoms with Crippen molar-refractivity contribution in [2.24, 2.45) is 0 Å². The number of aromatic carboxylic acids is 1. The average Bonchev–Trinajstić information content (AvgIpc) is 3.11. The molecule has 1 aliphatic heterocycles. The number of hydrogen-bond donors (Lipinski definition) is 2. The number of carbonyl (C=O) groups is 1. The summed E-state index contributed by atoms with van der Waals surface area (Å²) in [7, 11) is -3.48. The van der Waals surface area contributed by atoms with Crippen LogP contribution in [0, 0.1) is 0 Å². The van der Waals surface area contributed by atoms with Crippen molar-refractivity contribution in [1.82, 2.24) is 9.78 Å². The molecule has 0 saturated carbocycles. The van der Waals surface area contributed by atoms with Crippen molar-refractivity contribution in [3.05, 3.63) is 59.3 Å². The molecule has 0 bridgehead atoms. The van der Waals surface area contributed by atoms with E-state index in [1.54, 1.807) is 28.9 Å². The predicted octanol–water partition coefficient (Wildman–Crippen LogP) is 2.93. The summed E-state index contributed by atoms with van der Waals surface area (Å²) in [5.74, 6) is -0.944. The number of rotatable bonds is 4. The van der Waals surface area contributed by atoms with Crippen molar-refractivity contribution in [3.8, 4) is 22.4 Å². The number of sulfone groups is 1. The monoisotopic (exact) mass is 412 g/mol. The molecule has 1 aromatic heterocycles. The van der Waals surface area contributed by atoms with Gasteiger partial charge in [0.15, 0.2) is 15.5 Å². The Balaban J connectivity index is 1.83. The zero-order valence-electron chi connectivity index (χ0n) is 16.0. The van der Waals surface area contributed by atoms with Crippen LogP contribution in [-0.4, -0.2) is 40.6 Å². The van der Waals surface area contributed by atoms with Crippen LogP contribution in [0.5, 0.6) is 0 Å². The fourth-order valence-electron chi connectivity index (χ4n) is 3.83. The van der Waals surface area contributed by atoms with Gasteiger partial charge in [0.1, 0.15) is 0 Å². The van der Waals surface area contributed by atoms with Crippen LogP contribution < -0.4 is 0 Å². The summed E-state index contributed by atoms with van der Waals surface area (Å²) >= 11 is 0. The summed E-state index contributed by atoms with van der Waals surface area (Å²) in [6, 6.07) is 12.4. The van der Waals surface area contributed by atoms with Crippen molar-refractivity contribution in [2.75, 3.05) is 6.26 Å². The van der Waals surface area contributed by atoms with Crippen LogP contribution in [0.25, 0.3) is 22.4 Å². The summed E-state index contributed by atoms with van der Waals surface area (Å²) in [4.78, 5) is 11.4. The summed E-state index contributed by atoms with van der Waals surface area (Å²) in [5, 5.41) is 22.9. The lowest BCUT2D eigenvalue weighted by atomic mass is 9.88. The summed E-state index contributed by atoms with van der Waals surface area (Å²) in [6.07, 6.45) is 1.13. The number of carboxylic acids is 1. The zero-order valence-corrected chi connectivity index (χ0v) is 16.8. The maximum atomic E-state index is 12.1. The molecule has 0 amide bonds. The number of nitrogens with zero attached hydrogens (tertiary/aromatic N) is 2. The number of aliphatic hydroxyl groups excluding tert-OH is 1. The molecule has 1 atom stereocenters. The molecule has 0 saturated heterocycles. The van der Waals surface area contributed by atoms with Crippen LogP contribution in [0.4, 0.5) is 0 Å². The van der Waals surface area contributed by atoms with Gasteiger partial charge in [-0.1, -0.05) is 37.3 Å². The van der Waals surface area contributed by atoms with E-state index in [1.807, 2.05) is 25.1 Å². The van der Waals surface area contributed by atoms with Crippen molar-refractivity contribution in [1.29, 1.82) is 0 Å². The lowest BCUT2D eigenvalue weighted by molar-refractivity contribution is 0.0689. The van der Waals surface area contributed by atoms with Crippen LogP contribution in [0.2, 0.25) is 0 Å². The highest BCUT2D eigenvalue weighted by Crippen LogP contribution is 2.39. The van der Waals surface area contributed by atoms with E-state index in [-0.39, 0.29) is 23.1 Å². The van der Waals surface area contributed by atoms with Crippen LogP contribution in [0.15, 0.2) is 47.4 Å². The second-order valence-corrected chi connectivity index (χ2v) is 9.34. The van der Waals surface area contributed by atoms with Gasteiger partial charge in [-0.25, -0.2) is 13.2 Å².